The van der Waals surface area contributed by atoms with Gasteiger partial charge in [0.25, 0.3) is 5.91 Å². The number of phenols is 1. The lowest BCUT2D eigenvalue weighted by molar-refractivity contribution is -0.182. The molecule has 368 valence electrons. The third-order valence-electron chi connectivity index (χ3n) is 14.7. The average molecular weight is 935 g/mol. The van der Waals surface area contributed by atoms with Crippen molar-refractivity contribution in [3.63, 3.8) is 0 Å². The molecule has 0 spiro atoms. The monoisotopic (exact) mass is 935 g/mol. The maximum absolute atomic E-state index is 15.0. The highest BCUT2D eigenvalue weighted by atomic mass is 16.7. The molecule has 0 aromatic heterocycles. The van der Waals surface area contributed by atoms with Crippen molar-refractivity contribution in [2.75, 3.05) is 53.4 Å². The largest absolute Gasteiger partial charge is 0.508 e. The highest BCUT2D eigenvalue weighted by Gasteiger charge is 2.52. The van der Waals surface area contributed by atoms with Crippen molar-refractivity contribution in [3.05, 3.63) is 113 Å². The number of hydrogen-bond donors (Lipinski definition) is 5. The van der Waals surface area contributed by atoms with Gasteiger partial charge < -0.3 is 45.4 Å². The lowest BCUT2D eigenvalue weighted by atomic mass is 9.58. The van der Waals surface area contributed by atoms with E-state index < -0.39 is 36.9 Å². The quantitative estimate of drug-likeness (QED) is 0.0682. The molecule has 1 saturated heterocycles. The molecule has 1 heterocycles. The molecule has 2 fully saturated rings. The van der Waals surface area contributed by atoms with E-state index >= 15 is 0 Å². The van der Waals surface area contributed by atoms with Gasteiger partial charge in [0, 0.05) is 61.6 Å². The van der Waals surface area contributed by atoms with Crippen LogP contribution in [0.2, 0.25) is 0 Å². The zero-order valence-electron chi connectivity index (χ0n) is 41.8. The molecule has 0 unspecified atom stereocenters. The molecule has 4 aromatic carbocycles. The molecule has 4 aromatic rings. The van der Waals surface area contributed by atoms with Crippen LogP contribution in [-0.4, -0.2) is 117 Å². The second kappa shape index (κ2) is 22.6. The maximum atomic E-state index is 15.0. The van der Waals surface area contributed by atoms with Gasteiger partial charge in [-0.3, -0.25) is 14.4 Å². The number of alkyl carbamates (subject to hydrolysis) is 1. The molecule has 5 N–H and O–H groups in total. The molecule has 3 amide bonds. The summed E-state index contributed by atoms with van der Waals surface area (Å²) < 4.78 is 12.2. The number of carbonyl (C=O) groups is 3. The smallest absolute Gasteiger partial charge is 0.407 e. The number of nitrogens with zero attached hydrogens (tertiary/aromatic N) is 3. The second-order valence-electron chi connectivity index (χ2n) is 20.1. The van der Waals surface area contributed by atoms with E-state index in [1.165, 1.54) is 12.1 Å². The average Bonchev–Trinajstić information content (AvgIpc) is 3.68. The Morgan fingerprint density at radius 1 is 0.926 bits per heavy atom. The zero-order valence-corrected chi connectivity index (χ0v) is 41.8. The first kappa shape index (κ1) is 51.7. The Hall–Kier alpha value is -5.67. The predicted molar refractivity (Wildman–Crippen MR) is 266 cm³/mol. The van der Waals surface area contributed by atoms with Gasteiger partial charge in [-0.2, -0.15) is 5.06 Å². The number of methoxy groups -OCH3 is 1. The van der Waals surface area contributed by atoms with Crippen LogP contribution in [0.15, 0.2) is 91.0 Å². The summed E-state index contributed by atoms with van der Waals surface area (Å²) in [4.78, 5) is 53.0. The number of rotatable bonds is 18. The van der Waals surface area contributed by atoms with Gasteiger partial charge in [-0.05, 0) is 104 Å². The zero-order chi connectivity index (χ0) is 49.4. The van der Waals surface area contributed by atoms with Crippen molar-refractivity contribution >= 4 is 23.6 Å². The SMILES string of the molecule is COc1c(CN2O[C@@H](CO)[C@@H]([C@H](C)OC(=O)NCc3ccc(O)cc3)[C@H]2C(=O)N[C@H]2C[C@@H](C)C(C)(C)[C@@H](C)[C@@H]2C)cccc1-c1cc(C(=O)N[C@@H](Cc2ccccc2)CN(C)C)cc(N(C)C)c1. The van der Waals surface area contributed by atoms with E-state index in [2.05, 4.69) is 67.6 Å². The molecule has 6 rings (SSSR count). The number of para-hydroxylation sites is 1. The van der Waals surface area contributed by atoms with Crippen LogP contribution >= 0.6 is 0 Å². The van der Waals surface area contributed by atoms with E-state index in [9.17, 15) is 24.6 Å². The van der Waals surface area contributed by atoms with E-state index in [-0.39, 0.29) is 54.1 Å². The van der Waals surface area contributed by atoms with Crippen molar-refractivity contribution in [2.45, 2.75) is 97.8 Å². The number of anilines is 1. The standard InChI is InChI=1S/C54H74N6O8/c1-33-24-46(34(2)35(3)54(33,5)6)57-52(64)49-48(36(4)67-53(65)55-29-38-20-22-44(62)23-21-38)47(32-61)68-60(49)30-39-18-15-19-45(50(39)66-11)40-26-41(28-43(27-40)59(9)10)51(63)56-42(31-58(7)8)25-37-16-13-12-14-17-37/h12-23,26-28,33-36,42,46-49,61-62H,24-25,29-32H2,1-11H3,(H,55,65)(H,56,63)(H,57,64)/t33-,34+,35+,36+,42+,46+,47+,48-,49+/m1/s1. The summed E-state index contributed by atoms with van der Waals surface area (Å²) in [7, 11) is 9.45. The van der Waals surface area contributed by atoms with Gasteiger partial charge in [-0.15, -0.1) is 0 Å². The lowest BCUT2D eigenvalue weighted by Crippen LogP contribution is -2.57. The van der Waals surface area contributed by atoms with E-state index in [4.69, 9.17) is 14.3 Å². The molecule has 1 saturated carbocycles. The fraction of sp³-hybridized carbons (Fsp3) is 0.500. The predicted octanol–water partition coefficient (Wildman–Crippen LogP) is 7.27. The Bertz CT molecular complexity index is 2320. The van der Waals surface area contributed by atoms with E-state index in [1.807, 2.05) is 87.7 Å². The molecule has 0 bridgehead atoms. The topological polar surface area (TPSA) is 165 Å². The van der Waals surface area contributed by atoms with Gasteiger partial charge in [0.15, 0.2) is 0 Å². The van der Waals surface area contributed by atoms with Crippen LogP contribution in [0.1, 0.15) is 75.0 Å². The van der Waals surface area contributed by atoms with Crippen molar-refractivity contribution < 1.29 is 38.9 Å². The van der Waals surface area contributed by atoms with Crippen molar-refractivity contribution in [1.29, 1.82) is 0 Å². The third kappa shape index (κ3) is 12.3. The third-order valence-corrected chi connectivity index (χ3v) is 14.7. The fourth-order valence-electron chi connectivity index (χ4n) is 10.0. The molecular formula is C54H74N6O8. The Balaban J connectivity index is 1.31. The summed E-state index contributed by atoms with van der Waals surface area (Å²) in [6, 6.07) is 26.9. The molecule has 2 aliphatic rings. The van der Waals surface area contributed by atoms with Gasteiger partial charge in [-0.1, -0.05) is 95.3 Å². The first-order chi connectivity index (χ1) is 32.3. The van der Waals surface area contributed by atoms with Crippen LogP contribution in [0.3, 0.4) is 0 Å². The molecule has 14 heteroatoms. The number of likely N-dealkylation sites (N-methyl/N-ethyl adjacent to an activating group) is 1. The van der Waals surface area contributed by atoms with Gasteiger partial charge >= 0.3 is 6.09 Å². The summed E-state index contributed by atoms with van der Waals surface area (Å²) in [5.41, 5.74) is 5.48. The second-order valence-corrected chi connectivity index (χ2v) is 20.1. The first-order valence-corrected chi connectivity index (χ1v) is 23.9. The number of nitrogens with one attached hydrogen (secondary N) is 3. The van der Waals surface area contributed by atoms with Gasteiger partial charge in [0.05, 0.1) is 26.2 Å². The minimum Gasteiger partial charge on any atom is -0.508 e. The van der Waals surface area contributed by atoms with Crippen molar-refractivity contribution in [1.82, 2.24) is 25.9 Å². The Morgan fingerprint density at radius 2 is 1.63 bits per heavy atom. The Morgan fingerprint density at radius 3 is 2.28 bits per heavy atom. The van der Waals surface area contributed by atoms with Crippen LogP contribution in [0.25, 0.3) is 11.1 Å². The molecule has 0 radical (unpaired) electrons. The molecule has 1 aliphatic heterocycles. The summed E-state index contributed by atoms with van der Waals surface area (Å²) >= 11 is 0. The maximum Gasteiger partial charge on any atom is 0.407 e. The summed E-state index contributed by atoms with van der Waals surface area (Å²) in [5.74, 6) is 0.238. The Kier molecular flexibility index (Phi) is 17.2. The molecule has 9 atom stereocenters. The van der Waals surface area contributed by atoms with Crippen LogP contribution in [0.4, 0.5) is 10.5 Å². The van der Waals surface area contributed by atoms with Crippen molar-refractivity contribution in [2.24, 2.45) is 29.1 Å². The van der Waals surface area contributed by atoms with Gasteiger partial charge in [0.2, 0.25) is 5.91 Å². The van der Waals surface area contributed by atoms with Crippen LogP contribution < -0.4 is 25.6 Å². The number of carbonyl (C=O) groups excluding carboxylic acids is 3. The normalized spacial score (nSPS) is 23.3. The summed E-state index contributed by atoms with van der Waals surface area (Å²) in [6.45, 7) is 13.4. The molecule has 68 heavy (non-hydrogen) atoms. The highest BCUT2D eigenvalue weighted by molar-refractivity contribution is 5.97. The van der Waals surface area contributed by atoms with Crippen LogP contribution in [-0.2, 0) is 33.9 Å². The number of hydroxylamine groups is 2. The number of benzene rings is 4. The molecule has 14 nitrogen and oxygen atoms in total. The highest BCUT2D eigenvalue weighted by Crippen LogP contribution is 2.48. The van der Waals surface area contributed by atoms with Crippen LogP contribution in [0, 0.1) is 29.1 Å². The number of aromatic hydroxyl groups is 1. The number of hydrogen-bond acceptors (Lipinski definition) is 11. The van der Waals surface area contributed by atoms with Gasteiger partial charge in [0.1, 0.15) is 29.7 Å². The van der Waals surface area contributed by atoms with Crippen LogP contribution in [0.5, 0.6) is 11.5 Å². The fourth-order valence-corrected chi connectivity index (χ4v) is 10.0. The van der Waals surface area contributed by atoms with Gasteiger partial charge in [-0.25, -0.2) is 4.79 Å². The van der Waals surface area contributed by atoms with E-state index in [1.54, 1.807) is 31.2 Å². The number of aliphatic hydroxyl groups excluding tert-OH is 1. The number of phenolic OH excluding ortho intramolecular Hbond substituents is 1. The first-order valence-electron chi connectivity index (χ1n) is 23.9. The minimum atomic E-state index is -0.980. The number of amides is 3. The minimum absolute atomic E-state index is 0.0777. The molecule has 1 aliphatic carbocycles. The Labute approximate surface area is 403 Å². The molecular weight excluding hydrogens is 861 g/mol. The summed E-state index contributed by atoms with van der Waals surface area (Å²) in [5, 5.41) is 31.6. The van der Waals surface area contributed by atoms with E-state index in [0.717, 1.165) is 34.4 Å². The summed E-state index contributed by atoms with van der Waals surface area (Å²) in [6.07, 6.45) is -0.993. The van der Waals surface area contributed by atoms with Crippen molar-refractivity contribution in [3.8, 4) is 22.6 Å². The lowest BCUT2D eigenvalue weighted by Gasteiger charge is -2.50. The number of ether oxygens (including phenoxy) is 2. The number of aliphatic hydroxyl groups is 1. The van der Waals surface area contributed by atoms with E-state index in [0.29, 0.717) is 41.7 Å².